The van der Waals surface area contributed by atoms with E-state index in [9.17, 15) is 0 Å². The number of nitrogens with zero attached hydrogens (tertiary/aromatic N) is 2. The van der Waals surface area contributed by atoms with Crippen LogP contribution in [0.5, 0.6) is 0 Å². The van der Waals surface area contributed by atoms with Gasteiger partial charge in [0.1, 0.15) is 0 Å². The lowest BCUT2D eigenvalue weighted by Crippen LogP contribution is -1.88. The van der Waals surface area contributed by atoms with E-state index in [0.717, 1.165) is 5.52 Å². The molecule has 0 bridgehead atoms. The van der Waals surface area contributed by atoms with Crippen molar-refractivity contribution in [1.29, 1.82) is 0 Å². The Morgan fingerprint density at radius 2 is 2.21 bits per heavy atom. The Kier molecular flexibility index (Phi) is 2.12. The lowest BCUT2D eigenvalue weighted by Gasteiger charge is -2.04. The second-order valence-electron chi connectivity index (χ2n) is 3.74. The number of benzene rings is 1. The molecule has 0 aliphatic rings. The SMILES string of the molecule is C=Cn1ncc2cc(C(C)C)ccc21. The van der Waals surface area contributed by atoms with Gasteiger partial charge in [-0.05, 0) is 23.6 Å². The molecule has 2 rings (SSSR count). The molecule has 0 radical (unpaired) electrons. The van der Waals surface area contributed by atoms with Crippen LogP contribution in [0.2, 0.25) is 0 Å². The van der Waals surface area contributed by atoms with Gasteiger partial charge in [0.15, 0.2) is 0 Å². The van der Waals surface area contributed by atoms with Gasteiger partial charge < -0.3 is 0 Å². The summed E-state index contributed by atoms with van der Waals surface area (Å²) in [4.78, 5) is 0. The van der Waals surface area contributed by atoms with Crippen LogP contribution >= 0.6 is 0 Å². The van der Waals surface area contributed by atoms with Gasteiger partial charge in [0.25, 0.3) is 0 Å². The Labute approximate surface area is 83.9 Å². The topological polar surface area (TPSA) is 17.8 Å². The van der Waals surface area contributed by atoms with Crippen molar-refractivity contribution in [1.82, 2.24) is 9.78 Å². The van der Waals surface area contributed by atoms with Crippen molar-refractivity contribution >= 4 is 17.1 Å². The molecule has 72 valence electrons. The van der Waals surface area contributed by atoms with Crippen LogP contribution in [0.3, 0.4) is 0 Å². The molecule has 0 aliphatic heterocycles. The normalized spacial score (nSPS) is 11.1. The lowest BCUT2D eigenvalue weighted by molar-refractivity contribution is 0.868. The standard InChI is InChI=1S/C12H14N2/c1-4-14-12-6-5-10(9(2)3)7-11(12)8-13-14/h4-9H,1H2,2-3H3. The first-order valence-corrected chi connectivity index (χ1v) is 4.82. The largest absolute Gasteiger partial charge is 0.241 e. The van der Waals surface area contributed by atoms with Crippen molar-refractivity contribution in [3.8, 4) is 0 Å². The van der Waals surface area contributed by atoms with Crippen LogP contribution in [0.15, 0.2) is 31.0 Å². The first kappa shape index (κ1) is 9.00. The molecule has 1 aromatic carbocycles. The molecule has 0 unspecified atom stereocenters. The highest BCUT2D eigenvalue weighted by molar-refractivity contribution is 5.81. The van der Waals surface area contributed by atoms with E-state index in [1.54, 1.807) is 10.9 Å². The highest BCUT2D eigenvalue weighted by Gasteiger charge is 2.03. The highest BCUT2D eigenvalue weighted by Crippen LogP contribution is 2.21. The van der Waals surface area contributed by atoms with Gasteiger partial charge in [0.2, 0.25) is 0 Å². The average Bonchev–Trinajstić information content (AvgIpc) is 2.59. The number of hydrogen-bond acceptors (Lipinski definition) is 1. The van der Waals surface area contributed by atoms with Gasteiger partial charge in [0.05, 0.1) is 11.7 Å². The van der Waals surface area contributed by atoms with E-state index in [2.05, 4.69) is 43.7 Å². The third-order valence-electron chi connectivity index (χ3n) is 2.46. The molecule has 0 atom stereocenters. The molecule has 0 saturated heterocycles. The Balaban J connectivity index is 2.63. The summed E-state index contributed by atoms with van der Waals surface area (Å²) >= 11 is 0. The van der Waals surface area contributed by atoms with Crippen molar-refractivity contribution in [2.24, 2.45) is 0 Å². The molecule has 0 amide bonds. The Hall–Kier alpha value is -1.57. The third-order valence-corrected chi connectivity index (χ3v) is 2.46. The molecule has 14 heavy (non-hydrogen) atoms. The Morgan fingerprint density at radius 1 is 1.43 bits per heavy atom. The monoisotopic (exact) mass is 186 g/mol. The van der Waals surface area contributed by atoms with Crippen molar-refractivity contribution in [2.75, 3.05) is 0 Å². The van der Waals surface area contributed by atoms with E-state index in [-0.39, 0.29) is 0 Å². The van der Waals surface area contributed by atoms with Crippen LogP contribution in [-0.2, 0) is 0 Å². The molecule has 2 heteroatoms. The number of fused-ring (bicyclic) bond motifs is 1. The molecule has 0 N–H and O–H groups in total. The summed E-state index contributed by atoms with van der Waals surface area (Å²) in [6.07, 6.45) is 3.60. The summed E-state index contributed by atoms with van der Waals surface area (Å²) < 4.78 is 1.79. The minimum Gasteiger partial charge on any atom is -0.241 e. The van der Waals surface area contributed by atoms with Crippen LogP contribution in [0, 0.1) is 0 Å². The summed E-state index contributed by atoms with van der Waals surface area (Å²) in [7, 11) is 0. The summed E-state index contributed by atoms with van der Waals surface area (Å²) in [6, 6.07) is 6.43. The van der Waals surface area contributed by atoms with E-state index in [4.69, 9.17) is 0 Å². The fourth-order valence-electron chi connectivity index (χ4n) is 1.58. The summed E-state index contributed by atoms with van der Waals surface area (Å²) in [6.45, 7) is 8.10. The molecule has 1 aromatic heterocycles. The Bertz CT molecular complexity index is 466. The highest BCUT2D eigenvalue weighted by atomic mass is 15.3. The van der Waals surface area contributed by atoms with E-state index in [0.29, 0.717) is 5.92 Å². The molecule has 2 nitrogen and oxygen atoms in total. The number of rotatable bonds is 2. The van der Waals surface area contributed by atoms with E-state index in [1.807, 2.05) is 6.20 Å². The van der Waals surface area contributed by atoms with Crippen molar-refractivity contribution in [2.45, 2.75) is 19.8 Å². The van der Waals surface area contributed by atoms with E-state index >= 15 is 0 Å². The molecular weight excluding hydrogens is 172 g/mol. The summed E-state index contributed by atoms with van der Waals surface area (Å²) in [5, 5.41) is 5.39. The first-order valence-electron chi connectivity index (χ1n) is 4.82. The van der Waals surface area contributed by atoms with Crippen molar-refractivity contribution in [3.05, 3.63) is 36.5 Å². The molecule has 1 heterocycles. The summed E-state index contributed by atoms with van der Waals surface area (Å²) in [5.74, 6) is 0.562. The zero-order valence-electron chi connectivity index (χ0n) is 8.57. The van der Waals surface area contributed by atoms with Crippen LogP contribution in [0.25, 0.3) is 17.1 Å². The van der Waals surface area contributed by atoms with E-state index < -0.39 is 0 Å². The minimum absolute atomic E-state index is 0.562. The molecule has 0 saturated carbocycles. The fourth-order valence-corrected chi connectivity index (χ4v) is 1.58. The van der Waals surface area contributed by atoms with Crippen LogP contribution < -0.4 is 0 Å². The maximum Gasteiger partial charge on any atom is 0.0733 e. The van der Waals surface area contributed by atoms with Crippen molar-refractivity contribution in [3.63, 3.8) is 0 Å². The maximum atomic E-state index is 4.21. The van der Waals surface area contributed by atoms with Crippen LogP contribution in [0.4, 0.5) is 0 Å². The smallest absolute Gasteiger partial charge is 0.0733 e. The third kappa shape index (κ3) is 1.33. The van der Waals surface area contributed by atoms with Gasteiger partial charge in [-0.15, -0.1) is 0 Å². The van der Waals surface area contributed by atoms with Gasteiger partial charge in [-0.25, -0.2) is 4.68 Å². The van der Waals surface area contributed by atoms with Gasteiger partial charge in [-0.1, -0.05) is 26.5 Å². The molecule has 2 aromatic rings. The lowest BCUT2D eigenvalue weighted by atomic mass is 10.0. The quantitative estimate of drug-likeness (QED) is 0.704. The molecular formula is C12H14N2. The fraction of sp³-hybridized carbons (Fsp3) is 0.250. The number of hydrogen-bond donors (Lipinski definition) is 0. The van der Waals surface area contributed by atoms with Gasteiger partial charge >= 0.3 is 0 Å². The summed E-state index contributed by atoms with van der Waals surface area (Å²) in [5.41, 5.74) is 2.46. The average molecular weight is 186 g/mol. The van der Waals surface area contributed by atoms with Gasteiger partial charge in [-0.2, -0.15) is 5.10 Å². The second-order valence-corrected chi connectivity index (χ2v) is 3.74. The minimum atomic E-state index is 0.562. The van der Waals surface area contributed by atoms with Crippen molar-refractivity contribution < 1.29 is 0 Å². The van der Waals surface area contributed by atoms with Gasteiger partial charge in [0, 0.05) is 11.6 Å². The van der Waals surface area contributed by atoms with Crippen LogP contribution in [0.1, 0.15) is 25.3 Å². The predicted octanol–water partition coefficient (Wildman–Crippen LogP) is 3.26. The zero-order chi connectivity index (χ0) is 10.1. The zero-order valence-corrected chi connectivity index (χ0v) is 8.57. The predicted molar refractivity (Wildman–Crippen MR) is 60.2 cm³/mol. The van der Waals surface area contributed by atoms with E-state index in [1.165, 1.54) is 10.9 Å². The molecule has 0 fully saturated rings. The molecule has 0 spiro atoms. The number of aromatic nitrogens is 2. The maximum absolute atomic E-state index is 4.21. The second kappa shape index (κ2) is 3.29. The molecule has 0 aliphatic carbocycles. The van der Waals surface area contributed by atoms with Crippen LogP contribution in [-0.4, -0.2) is 9.78 Å². The first-order chi connectivity index (χ1) is 6.72. The Morgan fingerprint density at radius 3 is 2.86 bits per heavy atom. The van der Waals surface area contributed by atoms with Gasteiger partial charge in [-0.3, -0.25) is 0 Å².